The minimum atomic E-state index is -0.289. The maximum absolute atomic E-state index is 12.3. The van der Waals surface area contributed by atoms with E-state index in [1.807, 2.05) is 30.3 Å². The monoisotopic (exact) mass is 348 g/mol. The van der Waals surface area contributed by atoms with Crippen LogP contribution in [0.2, 0.25) is 0 Å². The van der Waals surface area contributed by atoms with Gasteiger partial charge in [-0.1, -0.05) is 30.3 Å². The molecule has 7 heteroatoms. The normalized spacial score (nSPS) is 11.8. The Hall–Kier alpha value is -3.61. The molecular formula is C19H16N4O3. The molecular weight excluding hydrogens is 332 g/mol. The first-order valence-corrected chi connectivity index (χ1v) is 8.10. The second kappa shape index (κ2) is 7.10. The Bertz CT molecular complexity index is 914. The van der Waals surface area contributed by atoms with Crippen LogP contribution in [0.3, 0.4) is 0 Å². The molecule has 2 heterocycles. The molecule has 4 rings (SSSR count). The number of rotatable bonds is 5. The summed E-state index contributed by atoms with van der Waals surface area (Å²) < 4.78 is 10.5. The topological polar surface area (TPSA) is 85.4 Å². The van der Waals surface area contributed by atoms with Crippen molar-refractivity contribution in [1.29, 1.82) is 0 Å². The average molecular weight is 348 g/mol. The van der Waals surface area contributed by atoms with Crippen LogP contribution in [-0.2, 0) is 6.54 Å². The van der Waals surface area contributed by atoms with Gasteiger partial charge in [0.1, 0.15) is 5.82 Å². The smallest absolute Gasteiger partial charge is 0.257 e. The van der Waals surface area contributed by atoms with Crippen molar-refractivity contribution in [1.82, 2.24) is 10.2 Å². The minimum absolute atomic E-state index is 0.170. The van der Waals surface area contributed by atoms with Gasteiger partial charge in [-0.2, -0.15) is 0 Å². The van der Waals surface area contributed by atoms with Crippen LogP contribution in [0, 0.1) is 0 Å². The third-order valence-corrected chi connectivity index (χ3v) is 3.86. The lowest BCUT2D eigenvalue weighted by Crippen LogP contribution is -2.13. The second-order valence-electron chi connectivity index (χ2n) is 5.67. The van der Waals surface area contributed by atoms with Crippen molar-refractivity contribution in [3.63, 3.8) is 0 Å². The van der Waals surface area contributed by atoms with E-state index in [4.69, 9.17) is 9.47 Å². The van der Waals surface area contributed by atoms with Gasteiger partial charge in [-0.3, -0.25) is 4.79 Å². The van der Waals surface area contributed by atoms with Crippen molar-refractivity contribution >= 4 is 17.5 Å². The van der Waals surface area contributed by atoms with Gasteiger partial charge in [0.2, 0.25) is 6.79 Å². The molecule has 1 aliphatic heterocycles. The minimum Gasteiger partial charge on any atom is -0.454 e. The number of nitrogens with zero attached hydrogens (tertiary/aromatic N) is 2. The van der Waals surface area contributed by atoms with Gasteiger partial charge in [0.25, 0.3) is 5.91 Å². The molecule has 7 nitrogen and oxygen atoms in total. The number of amides is 1. The molecule has 0 fully saturated rings. The summed E-state index contributed by atoms with van der Waals surface area (Å²) in [5, 5.41) is 14.0. The molecule has 0 atom stereocenters. The molecule has 1 amide bonds. The molecule has 0 aliphatic carbocycles. The molecule has 0 radical (unpaired) electrons. The fourth-order valence-electron chi connectivity index (χ4n) is 2.51. The molecule has 0 unspecified atom stereocenters. The zero-order valence-electron chi connectivity index (χ0n) is 13.8. The Morgan fingerprint density at radius 1 is 0.923 bits per heavy atom. The number of fused-ring (bicyclic) bond motifs is 1. The van der Waals surface area contributed by atoms with Crippen LogP contribution in [0.4, 0.5) is 11.6 Å². The summed E-state index contributed by atoms with van der Waals surface area (Å²) in [6, 6.07) is 18.5. The highest BCUT2D eigenvalue weighted by atomic mass is 16.7. The molecule has 130 valence electrons. The summed E-state index contributed by atoms with van der Waals surface area (Å²) in [6.45, 7) is 0.821. The first kappa shape index (κ1) is 15.9. The van der Waals surface area contributed by atoms with Gasteiger partial charge in [-0.05, 0) is 35.9 Å². The first-order valence-electron chi connectivity index (χ1n) is 8.10. The van der Waals surface area contributed by atoms with Crippen LogP contribution in [0.1, 0.15) is 15.9 Å². The predicted molar refractivity (Wildman–Crippen MR) is 96.3 cm³/mol. The average Bonchev–Trinajstić information content (AvgIpc) is 3.16. The van der Waals surface area contributed by atoms with Crippen molar-refractivity contribution in [2.75, 3.05) is 17.4 Å². The fraction of sp³-hybridized carbons (Fsp3) is 0.105. The number of anilines is 2. The molecule has 1 aromatic heterocycles. The van der Waals surface area contributed by atoms with Crippen molar-refractivity contribution in [2.24, 2.45) is 0 Å². The quantitative estimate of drug-likeness (QED) is 0.737. The summed E-state index contributed by atoms with van der Waals surface area (Å²) in [7, 11) is 0. The Morgan fingerprint density at radius 2 is 1.69 bits per heavy atom. The van der Waals surface area contributed by atoms with E-state index in [1.54, 1.807) is 30.3 Å². The molecule has 2 N–H and O–H groups in total. The number of benzene rings is 2. The predicted octanol–water partition coefficient (Wildman–Crippen LogP) is 3.07. The molecule has 0 bridgehead atoms. The number of ether oxygens (including phenoxy) is 2. The summed E-state index contributed by atoms with van der Waals surface area (Å²) in [5.41, 5.74) is 1.61. The van der Waals surface area contributed by atoms with Crippen molar-refractivity contribution < 1.29 is 14.3 Å². The van der Waals surface area contributed by atoms with Gasteiger partial charge >= 0.3 is 0 Å². The van der Waals surface area contributed by atoms with Crippen LogP contribution in [0.15, 0.2) is 60.7 Å². The van der Waals surface area contributed by atoms with Crippen molar-refractivity contribution in [3.05, 3.63) is 71.8 Å². The van der Waals surface area contributed by atoms with Gasteiger partial charge in [0.05, 0.1) is 0 Å². The number of hydrogen-bond donors (Lipinski definition) is 2. The maximum Gasteiger partial charge on any atom is 0.257 e. The molecule has 26 heavy (non-hydrogen) atoms. The van der Waals surface area contributed by atoms with Gasteiger partial charge < -0.3 is 20.1 Å². The summed E-state index contributed by atoms with van der Waals surface area (Å²) in [6.07, 6.45) is 0. The summed E-state index contributed by atoms with van der Waals surface area (Å²) in [4.78, 5) is 12.3. The van der Waals surface area contributed by atoms with E-state index in [-0.39, 0.29) is 12.7 Å². The van der Waals surface area contributed by atoms with Crippen LogP contribution in [-0.4, -0.2) is 22.9 Å². The first-order chi connectivity index (χ1) is 12.8. The van der Waals surface area contributed by atoms with E-state index < -0.39 is 0 Å². The summed E-state index contributed by atoms with van der Waals surface area (Å²) in [5.74, 6) is 1.91. The molecule has 3 aromatic rings. The largest absolute Gasteiger partial charge is 0.454 e. The Labute approximate surface area is 150 Å². The number of carbonyl (C=O) groups is 1. The maximum atomic E-state index is 12.3. The number of nitrogens with one attached hydrogen (secondary N) is 2. The second-order valence-corrected chi connectivity index (χ2v) is 5.67. The third kappa shape index (κ3) is 3.56. The standard InChI is InChI=1S/C19H16N4O3/c24-19(14-6-7-15-16(10-14)26-12-25-15)21-18-9-8-17(22-23-18)20-11-13-4-2-1-3-5-13/h1-10H,11-12H2,(H,20,22)(H,21,23,24). The zero-order valence-corrected chi connectivity index (χ0v) is 13.8. The van der Waals surface area contributed by atoms with Crippen LogP contribution < -0.4 is 20.1 Å². The van der Waals surface area contributed by atoms with Gasteiger partial charge in [-0.15, -0.1) is 10.2 Å². The molecule has 2 aromatic carbocycles. The number of hydrogen-bond acceptors (Lipinski definition) is 6. The van der Waals surface area contributed by atoms with E-state index in [0.29, 0.717) is 35.2 Å². The van der Waals surface area contributed by atoms with Gasteiger partial charge in [0.15, 0.2) is 17.3 Å². The number of aromatic nitrogens is 2. The molecule has 0 saturated carbocycles. The SMILES string of the molecule is O=C(Nc1ccc(NCc2ccccc2)nn1)c1ccc2c(c1)OCO2. The third-order valence-electron chi connectivity index (χ3n) is 3.86. The Balaban J connectivity index is 1.37. The van der Waals surface area contributed by atoms with Crippen molar-refractivity contribution in [3.8, 4) is 11.5 Å². The van der Waals surface area contributed by atoms with Crippen LogP contribution >= 0.6 is 0 Å². The van der Waals surface area contributed by atoms with Crippen LogP contribution in [0.25, 0.3) is 0 Å². The summed E-state index contributed by atoms with van der Waals surface area (Å²) >= 11 is 0. The highest BCUT2D eigenvalue weighted by molar-refractivity contribution is 6.04. The van der Waals surface area contributed by atoms with E-state index in [1.165, 1.54) is 0 Å². The Morgan fingerprint density at radius 3 is 2.50 bits per heavy atom. The van der Waals surface area contributed by atoms with Gasteiger partial charge in [-0.25, -0.2) is 0 Å². The van der Waals surface area contributed by atoms with Gasteiger partial charge in [0, 0.05) is 12.1 Å². The molecule has 0 saturated heterocycles. The van der Waals surface area contributed by atoms with E-state index in [9.17, 15) is 4.79 Å². The van der Waals surface area contributed by atoms with Crippen molar-refractivity contribution in [2.45, 2.75) is 6.54 Å². The lowest BCUT2D eigenvalue weighted by molar-refractivity contribution is 0.102. The lowest BCUT2D eigenvalue weighted by atomic mass is 10.2. The highest BCUT2D eigenvalue weighted by Gasteiger charge is 2.16. The zero-order chi connectivity index (χ0) is 17.8. The van der Waals surface area contributed by atoms with Crippen LogP contribution in [0.5, 0.6) is 11.5 Å². The Kier molecular flexibility index (Phi) is 4.34. The fourth-order valence-corrected chi connectivity index (χ4v) is 2.51. The van der Waals surface area contributed by atoms with E-state index in [0.717, 1.165) is 5.56 Å². The van der Waals surface area contributed by atoms with E-state index in [2.05, 4.69) is 20.8 Å². The highest BCUT2D eigenvalue weighted by Crippen LogP contribution is 2.32. The lowest BCUT2D eigenvalue weighted by Gasteiger charge is -2.07. The molecule has 1 aliphatic rings. The molecule has 0 spiro atoms. The number of carbonyl (C=O) groups excluding carboxylic acids is 1. The van der Waals surface area contributed by atoms with E-state index >= 15 is 0 Å².